The Balaban J connectivity index is 2.00. The minimum Gasteiger partial charge on any atom is -0.343 e. The Labute approximate surface area is 173 Å². The number of amides is 1. The van der Waals surface area contributed by atoms with Gasteiger partial charge in [0.25, 0.3) is 0 Å². The summed E-state index contributed by atoms with van der Waals surface area (Å²) in [6, 6.07) is 17.3. The molecule has 0 N–H and O–H groups in total. The number of para-hydroxylation sites is 1. The number of aryl methyl sites for hydroxylation is 2. The molecule has 0 radical (unpaired) electrons. The van der Waals surface area contributed by atoms with Crippen LogP contribution in [0.3, 0.4) is 0 Å². The normalized spacial score (nSPS) is 17.1. The molecule has 3 aromatic rings. The summed E-state index contributed by atoms with van der Waals surface area (Å²) in [7, 11) is 2.14. The van der Waals surface area contributed by atoms with Crippen LogP contribution in [0.1, 0.15) is 50.8 Å². The van der Waals surface area contributed by atoms with Crippen LogP contribution < -0.4 is 0 Å². The van der Waals surface area contributed by atoms with Gasteiger partial charge < -0.3 is 9.47 Å². The largest absolute Gasteiger partial charge is 0.343 e. The fraction of sp³-hybridized carbons (Fsp3) is 0.346. The van der Waals surface area contributed by atoms with Gasteiger partial charge in [0, 0.05) is 35.6 Å². The topological polar surface area (TPSA) is 25.2 Å². The number of carbonyl (C=O) groups is 1. The second-order valence-corrected chi connectivity index (χ2v) is 8.27. The molecule has 0 spiro atoms. The zero-order chi connectivity index (χ0) is 20.7. The molecule has 0 aliphatic carbocycles. The van der Waals surface area contributed by atoms with E-state index in [1.54, 1.807) is 0 Å². The van der Waals surface area contributed by atoms with Crippen molar-refractivity contribution < 1.29 is 4.79 Å². The van der Waals surface area contributed by atoms with Gasteiger partial charge in [0.1, 0.15) is 0 Å². The lowest BCUT2D eigenvalue weighted by Gasteiger charge is -2.28. The number of nitrogens with zero attached hydrogens (tertiary/aromatic N) is 2. The van der Waals surface area contributed by atoms with Gasteiger partial charge in [0.2, 0.25) is 5.91 Å². The molecule has 1 aromatic heterocycles. The van der Waals surface area contributed by atoms with Crippen LogP contribution in [-0.2, 0) is 11.8 Å². The van der Waals surface area contributed by atoms with E-state index < -0.39 is 0 Å². The molecule has 0 saturated carbocycles. The van der Waals surface area contributed by atoms with E-state index in [1.807, 2.05) is 6.92 Å². The van der Waals surface area contributed by atoms with E-state index in [9.17, 15) is 4.79 Å². The lowest BCUT2D eigenvalue weighted by atomic mass is 9.93. The quantitative estimate of drug-likeness (QED) is 0.514. The van der Waals surface area contributed by atoms with Gasteiger partial charge in [-0.05, 0) is 44.4 Å². The van der Waals surface area contributed by atoms with E-state index in [0.717, 1.165) is 25.0 Å². The van der Waals surface area contributed by atoms with Gasteiger partial charge in [0.05, 0.1) is 11.7 Å². The number of benzene rings is 2. The van der Waals surface area contributed by atoms with Gasteiger partial charge in [-0.25, -0.2) is 0 Å². The fourth-order valence-corrected chi connectivity index (χ4v) is 4.63. The zero-order valence-electron chi connectivity index (χ0n) is 18.1. The number of hydrogen-bond donors (Lipinski definition) is 0. The number of aromatic nitrogens is 1. The minimum atomic E-state index is -0.00328. The molecule has 1 aliphatic heterocycles. The van der Waals surface area contributed by atoms with Crippen LogP contribution >= 0.6 is 0 Å². The summed E-state index contributed by atoms with van der Waals surface area (Å²) in [6.45, 7) is 9.20. The van der Waals surface area contributed by atoms with Crippen LogP contribution in [0.25, 0.3) is 22.2 Å². The number of hydrogen-bond acceptors (Lipinski definition) is 1. The van der Waals surface area contributed by atoms with Gasteiger partial charge >= 0.3 is 0 Å². The molecule has 0 saturated heterocycles. The first-order valence-corrected chi connectivity index (χ1v) is 10.6. The summed E-state index contributed by atoms with van der Waals surface area (Å²) < 4.78 is 2.29. The molecular formula is C26H30N2O. The third-order valence-electron chi connectivity index (χ3n) is 6.39. The smallest absolute Gasteiger partial charge is 0.250 e. The molecule has 4 rings (SSSR count). The van der Waals surface area contributed by atoms with Crippen molar-refractivity contribution in [1.29, 1.82) is 0 Å². The first kappa shape index (κ1) is 19.5. The van der Waals surface area contributed by atoms with E-state index in [2.05, 4.69) is 85.8 Å². The predicted octanol–water partition coefficient (Wildman–Crippen LogP) is 6.17. The summed E-state index contributed by atoms with van der Waals surface area (Å²) in [4.78, 5) is 15.2. The Morgan fingerprint density at radius 2 is 1.66 bits per heavy atom. The highest BCUT2D eigenvalue weighted by Crippen LogP contribution is 2.46. The summed E-state index contributed by atoms with van der Waals surface area (Å²) in [5, 5.41) is 1.24. The molecule has 2 aromatic carbocycles. The molecular weight excluding hydrogens is 356 g/mol. The van der Waals surface area contributed by atoms with E-state index in [-0.39, 0.29) is 11.9 Å². The number of fused-ring (bicyclic) bond motifs is 1. The summed E-state index contributed by atoms with van der Waals surface area (Å²) in [5.41, 5.74) is 8.19. The van der Waals surface area contributed by atoms with Crippen molar-refractivity contribution in [3.63, 3.8) is 0 Å². The molecule has 2 heterocycles. The van der Waals surface area contributed by atoms with Gasteiger partial charge in [0.15, 0.2) is 0 Å². The highest BCUT2D eigenvalue weighted by molar-refractivity contribution is 6.00. The van der Waals surface area contributed by atoms with Crippen LogP contribution in [0, 0.1) is 6.92 Å². The third-order valence-corrected chi connectivity index (χ3v) is 6.39. The molecule has 0 bridgehead atoms. The maximum absolute atomic E-state index is 13.1. The van der Waals surface area contributed by atoms with E-state index in [4.69, 9.17) is 0 Å². The molecule has 1 unspecified atom stereocenters. The molecule has 3 nitrogen and oxygen atoms in total. The molecule has 3 heteroatoms. The molecule has 1 atom stereocenters. The first-order chi connectivity index (χ1) is 14.0. The molecule has 1 aliphatic rings. The maximum atomic E-state index is 13.1. The highest BCUT2D eigenvalue weighted by atomic mass is 16.2. The van der Waals surface area contributed by atoms with Gasteiger partial charge in [-0.1, -0.05) is 61.4 Å². The van der Waals surface area contributed by atoms with E-state index in [0.29, 0.717) is 0 Å². The Morgan fingerprint density at radius 1 is 0.966 bits per heavy atom. The van der Waals surface area contributed by atoms with Gasteiger partial charge in [-0.3, -0.25) is 4.79 Å². The number of unbranched alkanes of at least 4 members (excludes halogenated alkanes) is 1. The Morgan fingerprint density at radius 3 is 2.34 bits per heavy atom. The Hall–Kier alpha value is -2.81. The highest BCUT2D eigenvalue weighted by Gasteiger charge is 2.38. The second-order valence-electron chi connectivity index (χ2n) is 8.27. The monoisotopic (exact) mass is 386 g/mol. The van der Waals surface area contributed by atoms with Crippen LogP contribution in [-0.4, -0.2) is 21.9 Å². The van der Waals surface area contributed by atoms with Crippen molar-refractivity contribution in [3.05, 3.63) is 70.8 Å². The van der Waals surface area contributed by atoms with E-state index >= 15 is 0 Å². The average molecular weight is 387 g/mol. The van der Waals surface area contributed by atoms with Crippen molar-refractivity contribution in [3.8, 4) is 11.3 Å². The Kier molecular flexibility index (Phi) is 5.08. The van der Waals surface area contributed by atoms with Crippen LogP contribution in [0.4, 0.5) is 0 Å². The second kappa shape index (κ2) is 7.55. The van der Waals surface area contributed by atoms with Crippen LogP contribution in [0.2, 0.25) is 0 Å². The lowest BCUT2D eigenvalue weighted by molar-refractivity contribution is -0.127. The predicted molar refractivity (Wildman–Crippen MR) is 121 cm³/mol. The zero-order valence-corrected chi connectivity index (χ0v) is 18.1. The minimum absolute atomic E-state index is 0.00328. The van der Waals surface area contributed by atoms with Crippen molar-refractivity contribution in [2.24, 2.45) is 7.05 Å². The van der Waals surface area contributed by atoms with Gasteiger partial charge in [-0.2, -0.15) is 0 Å². The van der Waals surface area contributed by atoms with Crippen LogP contribution in [0.15, 0.2) is 59.7 Å². The summed E-state index contributed by atoms with van der Waals surface area (Å²) >= 11 is 0. The van der Waals surface area contributed by atoms with Crippen LogP contribution in [0.5, 0.6) is 0 Å². The molecule has 150 valence electrons. The van der Waals surface area contributed by atoms with E-state index in [1.165, 1.54) is 38.9 Å². The average Bonchev–Trinajstić information content (AvgIpc) is 3.13. The van der Waals surface area contributed by atoms with Crippen molar-refractivity contribution in [2.75, 3.05) is 6.54 Å². The third kappa shape index (κ3) is 3.09. The summed E-state index contributed by atoms with van der Waals surface area (Å²) in [5.74, 6) is 0.184. The van der Waals surface area contributed by atoms with Crippen molar-refractivity contribution in [2.45, 2.75) is 46.6 Å². The fourth-order valence-electron chi connectivity index (χ4n) is 4.63. The number of carbonyl (C=O) groups excluding carboxylic acids is 1. The van der Waals surface area contributed by atoms with Crippen molar-refractivity contribution in [1.82, 2.24) is 9.47 Å². The SMILES string of the molecule is CCCCN1C(=O)C(C)=C(C)C1c1c(-c2ccc(C)cc2)n(C)c2ccccc12. The maximum Gasteiger partial charge on any atom is 0.250 e. The number of rotatable bonds is 5. The lowest BCUT2D eigenvalue weighted by Crippen LogP contribution is -2.31. The van der Waals surface area contributed by atoms with Crippen molar-refractivity contribution >= 4 is 16.8 Å². The first-order valence-electron chi connectivity index (χ1n) is 10.6. The molecule has 0 fully saturated rings. The summed E-state index contributed by atoms with van der Waals surface area (Å²) in [6.07, 6.45) is 2.10. The molecule has 29 heavy (non-hydrogen) atoms. The van der Waals surface area contributed by atoms with Gasteiger partial charge in [-0.15, -0.1) is 0 Å². The standard InChI is InChI=1S/C26H30N2O/c1-6-7-16-28-24(18(3)19(4)26(28)29)23-21-10-8-9-11-22(21)27(5)25(23)20-14-12-17(2)13-15-20/h8-15,24H,6-7,16H2,1-5H3. The molecule has 1 amide bonds. The Bertz CT molecular complexity index is 1100.